The lowest BCUT2D eigenvalue weighted by molar-refractivity contribution is -0.130. The number of rotatable bonds is 1. The van der Waals surface area contributed by atoms with E-state index in [2.05, 4.69) is 25.5 Å². The van der Waals surface area contributed by atoms with Crippen LogP contribution < -0.4 is 0 Å². The van der Waals surface area contributed by atoms with Gasteiger partial charge in [0.15, 0.2) is 0 Å². The van der Waals surface area contributed by atoms with Crippen LogP contribution in [0, 0.1) is 0 Å². The zero-order chi connectivity index (χ0) is 9.14. The van der Waals surface area contributed by atoms with Crippen LogP contribution in [0.5, 0.6) is 0 Å². The Morgan fingerprint density at radius 3 is 2.75 bits per heavy atom. The zero-order valence-corrected chi connectivity index (χ0v) is 7.79. The van der Waals surface area contributed by atoms with Crippen molar-refractivity contribution in [2.45, 2.75) is 13.0 Å². The summed E-state index contributed by atoms with van der Waals surface area (Å²) in [7, 11) is 2.08. The van der Waals surface area contributed by atoms with Crippen molar-refractivity contribution in [3.05, 3.63) is 12.7 Å². The summed E-state index contributed by atoms with van der Waals surface area (Å²) in [5.41, 5.74) is 0. The maximum Gasteiger partial charge on any atom is 0.246 e. The molecule has 0 aromatic carbocycles. The highest BCUT2D eigenvalue weighted by atomic mass is 16.2. The predicted molar refractivity (Wildman–Crippen MR) is 48.9 cm³/mol. The fourth-order valence-electron chi connectivity index (χ4n) is 1.58. The highest BCUT2D eigenvalue weighted by Gasteiger charge is 2.23. The molecule has 0 aromatic heterocycles. The summed E-state index contributed by atoms with van der Waals surface area (Å²) in [4.78, 5) is 15.4. The number of piperazine rings is 1. The minimum atomic E-state index is 0.0515. The molecule has 0 radical (unpaired) electrons. The van der Waals surface area contributed by atoms with Gasteiger partial charge in [0.25, 0.3) is 0 Å². The molecular formula is C9H16N2O. The Kier molecular flexibility index (Phi) is 2.87. The third kappa shape index (κ3) is 1.85. The number of carbonyl (C=O) groups is 1. The van der Waals surface area contributed by atoms with E-state index in [-0.39, 0.29) is 5.91 Å². The molecule has 1 unspecified atom stereocenters. The highest BCUT2D eigenvalue weighted by Crippen LogP contribution is 2.07. The van der Waals surface area contributed by atoms with Crippen molar-refractivity contribution in [2.24, 2.45) is 0 Å². The van der Waals surface area contributed by atoms with Crippen molar-refractivity contribution in [2.75, 3.05) is 26.7 Å². The summed E-state index contributed by atoms with van der Waals surface area (Å²) < 4.78 is 0. The first kappa shape index (κ1) is 9.26. The number of nitrogens with zero attached hydrogens (tertiary/aromatic N) is 2. The van der Waals surface area contributed by atoms with E-state index in [1.807, 2.05) is 4.90 Å². The van der Waals surface area contributed by atoms with Crippen LogP contribution in [0.3, 0.4) is 0 Å². The van der Waals surface area contributed by atoms with Gasteiger partial charge >= 0.3 is 0 Å². The van der Waals surface area contributed by atoms with E-state index in [1.165, 1.54) is 6.08 Å². The molecule has 1 amide bonds. The molecule has 1 saturated heterocycles. The van der Waals surface area contributed by atoms with Gasteiger partial charge < -0.3 is 9.80 Å². The monoisotopic (exact) mass is 168 g/mol. The zero-order valence-electron chi connectivity index (χ0n) is 7.79. The summed E-state index contributed by atoms with van der Waals surface area (Å²) in [5.74, 6) is 0.0515. The summed E-state index contributed by atoms with van der Waals surface area (Å²) in [5, 5.41) is 0. The fraction of sp³-hybridized carbons (Fsp3) is 0.667. The first-order chi connectivity index (χ1) is 5.65. The molecule has 0 aromatic rings. The van der Waals surface area contributed by atoms with Gasteiger partial charge in [-0.15, -0.1) is 0 Å². The molecule has 1 rings (SSSR count). The molecule has 1 atom stereocenters. The lowest BCUT2D eigenvalue weighted by Crippen LogP contribution is -2.52. The molecule has 1 aliphatic heterocycles. The summed E-state index contributed by atoms with van der Waals surface area (Å²) in [6, 6.07) is 0.314. The lowest BCUT2D eigenvalue weighted by atomic mass is 10.2. The second-order valence-corrected chi connectivity index (χ2v) is 3.35. The van der Waals surface area contributed by atoms with Crippen molar-refractivity contribution in [1.82, 2.24) is 9.80 Å². The topological polar surface area (TPSA) is 23.6 Å². The van der Waals surface area contributed by atoms with Crippen LogP contribution >= 0.6 is 0 Å². The van der Waals surface area contributed by atoms with Crippen LogP contribution in [0.2, 0.25) is 0 Å². The van der Waals surface area contributed by atoms with Crippen molar-refractivity contribution in [3.63, 3.8) is 0 Å². The van der Waals surface area contributed by atoms with Crippen molar-refractivity contribution >= 4 is 5.91 Å². The summed E-state index contributed by atoms with van der Waals surface area (Å²) in [6.07, 6.45) is 1.39. The van der Waals surface area contributed by atoms with E-state index in [1.54, 1.807) is 0 Å². The minimum Gasteiger partial charge on any atom is -0.334 e. The SMILES string of the molecule is C=CC(=O)N1CCN(C)CC1C. The summed E-state index contributed by atoms with van der Waals surface area (Å²) >= 11 is 0. The third-order valence-electron chi connectivity index (χ3n) is 2.29. The Morgan fingerprint density at radius 1 is 1.58 bits per heavy atom. The molecule has 3 nitrogen and oxygen atoms in total. The fourth-order valence-corrected chi connectivity index (χ4v) is 1.58. The van der Waals surface area contributed by atoms with Crippen molar-refractivity contribution in [3.8, 4) is 0 Å². The van der Waals surface area contributed by atoms with Gasteiger partial charge in [-0.05, 0) is 20.0 Å². The van der Waals surface area contributed by atoms with E-state index in [0.29, 0.717) is 6.04 Å². The van der Waals surface area contributed by atoms with Crippen molar-refractivity contribution in [1.29, 1.82) is 0 Å². The van der Waals surface area contributed by atoms with E-state index in [4.69, 9.17) is 0 Å². The van der Waals surface area contributed by atoms with Gasteiger partial charge in [-0.3, -0.25) is 4.79 Å². The third-order valence-corrected chi connectivity index (χ3v) is 2.29. The molecule has 1 fully saturated rings. The quantitative estimate of drug-likeness (QED) is 0.527. The molecule has 0 bridgehead atoms. The van der Waals surface area contributed by atoms with Crippen LogP contribution in [0.15, 0.2) is 12.7 Å². The van der Waals surface area contributed by atoms with Crippen LogP contribution in [-0.4, -0.2) is 48.4 Å². The van der Waals surface area contributed by atoms with E-state index < -0.39 is 0 Å². The molecule has 0 saturated carbocycles. The number of carbonyl (C=O) groups excluding carboxylic acids is 1. The van der Waals surface area contributed by atoms with E-state index in [0.717, 1.165) is 19.6 Å². The van der Waals surface area contributed by atoms with Crippen molar-refractivity contribution < 1.29 is 4.79 Å². The molecule has 3 heteroatoms. The van der Waals surface area contributed by atoms with Gasteiger partial charge in [0.1, 0.15) is 0 Å². The lowest BCUT2D eigenvalue weighted by Gasteiger charge is -2.37. The second kappa shape index (κ2) is 3.72. The first-order valence-electron chi connectivity index (χ1n) is 4.26. The second-order valence-electron chi connectivity index (χ2n) is 3.35. The number of hydrogen-bond acceptors (Lipinski definition) is 2. The van der Waals surface area contributed by atoms with Gasteiger partial charge in [-0.1, -0.05) is 6.58 Å². The Bertz CT molecular complexity index is 191. The number of amides is 1. The Hall–Kier alpha value is -0.830. The van der Waals surface area contributed by atoms with E-state index >= 15 is 0 Å². The predicted octanol–water partition coefficient (Wildman–Crippen LogP) is 0.335. The molecule has 68 valence electrons. The van der Waals surface area contributed by atoms with Gasteiger partial charge in [-0.25, -0.2) is 0 Å². The van der Waals surface area contributed by atoms with Crippen LogP contribution in [0.25, 0.3) is 0 Å². The average molecular weight is 168 g/mol. The highest BCUT2D eigenvalue weighted by molar-refractivity contribution is 5.87. The molecule has 1 aliphatic rings. The van der Waals surface area contributed by atoms with Gasteiger partial charge in [0.2, 0.25) is 5.91 Å². The standard InChI is InChI=1S/C9H16N2O/c1-4-9(12)11-6-5-10(3)7-8(11)2/h4,8H,1,5-7H2,2-3H3. The van der Waals surface area contributed by atoms with Gasteiger partial charge in [-0.2, -0.15) is 0 Å². The van der Waals surface area contributed by atoms with Gasteiger partial charge in [0.05, 0.1) is 0 Å². The number of likely N-dealkylation sites (N-methyl/N-ethyl adjacent to an activating group) is 1. The first-order valence-corrected chi connectivity index (χ1v) is 4.26. The largest absolute Gasteiger partial charge is 0.334 e. The maximum absolute atomic E-state index is 11.3. The van der Waals surface area contributed by atoms with Crippen LogP contribution in [0.1, 0.15) is 6.92 Å². The minimum absolute atomic E-state index is 0.0515. The Balaban J connectivity index is 2.55. The average Bonchev–Trinajstić information content (AvgIpc) is 2.03. The smallest absolute Gasteiger partial charge is 0.246 e. The Labute approximate surface area is 73.6 Å². The molecule has 0 spiro atoms. The normalized spacial score (nSPS) is 25.5. The molecule has 0 aliphatic carbocycles. The Morgan fingerprint density at radius 2 is 2.25 bits per heavy atom. The molecule has 0 N–H and O–H groups in total. The van der Waals surface area contributed by atoms with E-state index in [9.17, 15) is 4.79 Å². The van der Waals surface area contributed by atoms with Crippen LogP contribution in [-0.2, 0) is 4.79 Å². The maximum atomic E-state index is 11.3. The van der Waals surface area contributed by atoms with Crippen LogP contribution in [0.4, 0.5) is 0 Å². The van der Waals surface area contributed by atoms with Gasteiger partial charge in [0, 0.05) is 25.7 Å². The molecule has 12 heavy (non-hydrogen) atoms. The molecule has 1 heterocycles. The number of hydrogen-bond donors (Lipinski definition) is 0. The molecular weight excluding hydrogens is 152 g/mol. The summed E-state index contributed by atoms with van der Waals surface area (Å²) in [6.45, 7) is 8.29.